The van der Waals surface area contributed by atoms with Gasteiger partial charge < -0.3 is 14.4 Å². The van der Waals surface area contributed by atoms with E-state index in [2.05, 4.69) is 43.2 Å². The molecule has 0 aromatic heterocycles. The van der Waals surface area contributed by atoms with Crippen LogP contribution in [0, 0.1) is 5.92 Å². The van der Waals surface area contributed by atoms with E-state index < -0.39 is 0 Å². The van der Waals surface area contributed by atoms with Crippen molar-refractivity contribution < 1.29 is 14.3 Å². The molecule has 0 amide bonds. The largest absolute Gasteiger partial charge is 0.496 e. The van der Waals surface area contributed by atoms with E-state index in [1.165, 1.54) is 18.3 Å². The van der Waals surface area contributed by atoms with Gasteiger partial charge in [0.25, 0.3) is 0 Å². The van der Waals surface area contributed by atoms with Crippen LogP contribution in [0.1, 0.15) is 57.5 Å². The molecule has 1 aliphatic carbocycles. The van der Waals surface area contributed by atoms with Crippen LogP contribution in [-0.4, -0.2) is 31.1 Å². The molecule has 4 heteroatoms. The van der Waals surface area contributed by atoms with Crippen LogP contribution in [0.25, 0.3) is 0 Å². The van der Waals surface area contributed by atoms with Gasteiger partial charge in [-0.2, -0.15) is 0 Å². The summed E-state index contributed by atoms with van der Waals surface area (Å²) < 4.78 is 10.3. The lowest BCUT2D eigenvalue weighted by atomic mass is 9.89. The third kappa shape index (κ3) is 5.28. The molecule has 0 saturated carbocycles. The van der Waals surface area contributed by atoms with Gasteiger partial charge in [-0.15, -0.1) is 0 Å². The zero-order valence-corrected chi connectivity index (χ0v) is 18.6. The maximum absolute atomic E-state index is 11.7. The Bertz CT molecular complexity index is 746. The Morgan fingerprint density at radius 1 is 1.11 bits per heavy atom. The number of allylic oxidation sites excluding steroid dienone is 2. The summed E-state index contributed by atoms with van der Waals surface area (Å²) in [6.07, 6.45) is 9.01. The van der Waals surface area contributed by atoms with Gasteiger partial charge in [0.05, 0.1) is 25.8 Å². The van der Waals surface area contributed by atoms with Gasteiger partial charge in [-0.25, -0.2) is 4.79 Å². The standard InChI is InChI=1S/C20H23NO3.2C2H6/c1-13-5-8-17-14(2)11-21(18(17)9-13)12-16-7-6-15(20(22)24-4)10-19(16)23-3;2*1-2/h5-11,17-18H,12H2,1-4H3;2*1-2H3. The van der Waals surface area contributed by atoms with Gasteiger partial charge in [0.2, 0.25) is 0 Å². The molecular weight excluding hydrogens is 350 g/mol. The molecule has 1 aromatic rings. The number of methoxy groups -OCH3 is 2. The van der Waals surface area contributed by atoms with Crippen LogP contribution >= 0.6 is 0 Å². The average molecular weight is 386 g/mol. The summed E-state index contributed by atoms with van der Waals surface area (Å²) in [4.78, 5) is 14.0. The van der Waals surface area contributed by atoms with Crippen molar-refractivity contribution in [3.8, 4) is 5.75 Å². The van der Waals surface area contributed by atoms with Crippen molar-refractivity contribution >= 4 is 5.97 Å². The molecular formula is C24H35NO3. The van der Waals surface area contributed by atoms with Gasteiger partial charge in [-0.3, -0.25) is 0 Å². The summed E-state index contributed by atoms with van der Waals surface area (Å²) >= 11 is 0. The Labute approximate surface area is 170 Å². The molecule has 154 valence electrons. The first kappa shape index (κ1) is 23.5. The van der Waals surface area contributed by atoms with Gasteiger partial charge in [0.15, 0.2) is 0 Å². The molecule has 0 spiro atoms. The Morgan fingerprint density at radius 3 is 2.39 bits per heavy atom. The quantitative estimate of drug-likeness (QED) is 0.618. The third-order valence-corrected chi connectivity index (χ3v) is 4.71. The number of ether oxygens (including phenoxy) is 2. The number of esters is 1. The first-order valence-electron chi connectivity index (χ1n) is 10.1. The minimum Gasteiger partial charge on any atom is -0.496 e. The van der Waals surface area contributed by atoms with Crippen LogP contribution in [0.2, 0.25) is 0 Å². The maximum atomic E-state index is 11.7. The normalized spacial score (nSPS) is 19.2. The summed E-state index contributed by atoms with van der Waals surface area (Å²) in [5.74, 6) is 0.793. The lowest BCUT2D eigenvalue weighted by Crippen LogP contribution is -2.31. The van der Waals surface area contributed by atoms with Crippen molar-refractivity contribution in [1.82, 2.24) is 4.90 Å². The molecule has 1 heterocycles. The van der Waals surface area contributed by atoms with Gasteiger partial charge in [0.1, 0.15) is 5.75 Å². The number of fused-ring (bicyclic) bond motifs is 1. The Hall–Kier alpha value is -2.49. The summed E-state index contributed by atoms with van der Waals surface area (Å²) in [6.45, 7) is 13.0. The summed E-state index contributed by atoms with van der Waals surface area (Å²) in [5.41, 5.74) is 4.21. The van der Waals surface area contributed by atoms with E-state index in [9.17, 15) is 4.79 Å². The van der Waals surface area contributed by atoms with Crippen LogP contribution in [0.3, 0.4) is 0 Å². The zero-order valence-electron chi connectivity index (χ0n) is 18.6. The van der Waals surface area contributed by atoms with Gasteiger partial charge in [-0.1, -0.05) is 57.6 Å². The minimum absolute atomic E-state index is 0.347. The third-order valence-electron chi connectivity index (χ3n) is 4.71. The molecule has 2 aliphatic rings. The number of benzene rings is 1. The Kier molecular flexibility index (Phi) is 9.57. The van der Waals surface area contributed by atoms with Crippen molar-refractivity contribution in [2.24, 2.45) is 5.92 Å². The maximum Gasteiger partial charge on any atom is 0.337 e. The number of hydrogen-bond acceptors (Lipinski definition) is 4. The van der Waals surface area contributed by atoms with Gasteiger partial charge >= 0.3 is 5.97 Å². The molecule has 4 nitrogen and oxygen atoms in total. The summed E-state index contributed by atoms with van der Waals surface area (Å²) in [5, 5.41) is 0. The highest BCUT2D eigenvalue weighted by molar-refractivity contribution is 5.89. The van der Waals surface area contributed by atoms with Crippen LogP contribution in [0.15, 0.2) is 53.8 Å². The van der Waals surface area contributed by atoms with Gasteiger partial charge in [0, 0.05) is 18.0 Å². The lowest BCUT2D eigenvalue weighted by molar-refractivity contribution is 0.0600. The van der Waals surface area contributed by atoms with E-state index in [-0.39, 0.29) is 5.97 Å². The topological polar surface area (TPSA) is 38.8 Å². The second kappa shape index (κ2) is 11.4. The highest BCUT2D eigenvalue weighted by Gasteiger charge is 2.31. The molecule has 0 bridgehead atoms. The van der Waals surface area contributed by atoms with Crippen LogP contribution in [-0.2, 0) is 11.3 Å². The van der Waals surface area contributed by atoms with Crippen molar-refractivity contribution in [3.05, 3.63) is 64.9 Å². The Morgan fingerprint density at radius 2 is 1.79 bits per heavy atom. The predicted octanol–water partition coefficient (Wildman–Crippen LogP) is 5.75. The van der Waals surface area contributed by atoms with E-state index in [1.807, 2.05) is 33.8 Å². The molecule has 2 unspecified atom stereocenters. The Balaban J connectivity index is 0.000000921. The van der Waals surface area contributed by atoms with E-state index in [0.717, 1.165) is 12.1 Å². The number of hydrogen-bond donors (Lipinski definition) is 0. The SMILES string of the molecule is CC.CC.COC(=O)c1ccc(CN2C=C(C)C3C=CC(C)=CC32)c(OC)c1. The fourth-order valence-electron chi connectivity index (χ4n) is 3.42. The highest BCUT2D eigenvalue weighted by Crippen LogP contribution is 2.36. The van der Waals surface area contributed by atoms with Crippen LogP contribution in [0.5, 0.6) is 5.75 Å². The zero-order chi connectivity index (χ0) is 21.3. The molecule has 0 saturated heterocycles. The van der Waals surface area contributed by atoms with Crippen molar-refractivity contribution in [2.75, 3.05) is 14.2 Å². The predicted molar refractivity (Wildman–Crippen MR) is 117 cm³/mol. The first-order valence-corrected chi connectivity index (χ1v) is 10.1. The van der Waals surface area contributed by atoms with Crippen molar-refractivity contribution in [2.45, 2.75) is 54.1 Å². The summed E-state index contributed by atoms with van der Waals surface area (Å²) in [6, 6.07) is 5.82. The van der Waals surface area contributed by atoms with Gasteiger partial charge in [-0.05, 0) is 37.8 Å². The van der Waals surface area contributed by atoms with E-state index >= 15 is 0 Å². The minimum atomic E-state index is -0.354. The van der Waals surface area contributed by atoms with Crippen molar-refractivity contribution in [3.63, 3.8) is 0 Å². The molecule has 2 atom stereocenters. The number of rotatable bonds is 4. The number of carbonyl (C=O) groups excluding carboxylic acids is 1. The molecule has 0 fully saturated rings. The molecule has 0 radical (unpaired) electrons. The van der Waals surface area contributed by atoms with E-state index in [4.69, 9.17) is 9.47 Å². The monoisotopic (exact) mass is 385 g/mol. The molecule has 28 heavy (non-hydrogen) atoms. The molecule has 1 aliphatic heterocycles. The molecule has 0 N–H and O–H groups in total. The van der Waals surface area contributed by atoms with Crippen LogP contribution in [0.4, 0.5) is 0 Å². The van der Waals surface area contributed by atoms with E-state index in [0.29, 0.717) is 23.3 Å². The summed E-state index contributed by atoms with van der Waals surface area (Å²) in [7, 11) is 3.01. The first-order chi connectivity index (χ1) is 13.5. The lowest BCUT2D eigenvalue weighted by Gasteiger charge is -2.29. The fraction of sp³-hybridized carbons (Fsp3) is 0.458. The molecule has 3 rings (SSSR count). The number of nitrogens with zero attached hydrogens (tertiary/aromatic N) is 1. The average Bonchev–Trinajstić information content (AvgIpc) is 3.05. The van der Waals surface area contributed by atoms with Crippen molar-refractivity contribution in [1.29, 1.82) is 0 Å². The smallest absolute Gasteiger partial charge is 0.337 e. The van der Waals surface area contributed by atoms with E-state index in [1.54, 1.807) is 19.2 Å². The highest BCUT2D eigenvalue weighted by atomic mass is 16.5. The van der Waals surface area contributed by atoms with Crippen LogP contribution < -0.4 is 4.74 Å². The second-order valence-electron chi connectivity index (χ2n) is 6.35. The fourth-order valence-corrected chi connectivity index (χ4v) is 3.42. The molecule has 1 aromatic carbocycles. The number of carbonyl (C=O) groups is 1. The second-order valence-corrected chi connectivity index (χ2v) is 6.35.